The number of benzene rings is 2. The van der Waals surface area contributed by atoms with Gasteiger partial charge in [0.25, 0.3) is 0 Å². The average molecular weight is 320 g/mol. The highest BCUT2D eigenvalue weighted by molar-refractivity contribution is 6.32. The number of nitrogen functional groups attached to an aromatic ring is 1. The number of ether oxygens (including phenoxy) is 1. The summed E-state index contributed by atoms with van der Waals surface area (Å²) in [6.45, 7) is 3.91. The minimum Gasteiger partial charge on any atom is -0.481 e. The molecule has 0 aliphatic rings. The molecule has 0 heterocycles. The van der Waals surface area contributed by atoms with E-state index in [1.165, 1.54) is 0 Å². The summed E-state index contributed by atoms with van der Waals surface area (Å²) in [5, 5.41) is 9.43. The van der Waals surface area contributed by atoms with Crippen LogP contribution in [0.5, 0.6) is 11.5 Å². The molecule has 0 aliphatic carbocycles. The van der Waals surface area contributed by atoms with Crippen LogP contribution in [0.3, 0.4) is 0 Å². The molecule has 0 amide bonds. The molecule has 0 aromatic heterocycles. The van der Waals surface area contributed by atoms with E-state index in [4.69, 9.17) is 27.2 Å². The van der Waals surface area contributed by atoms with Crippen molar-refractivity contribution in [3.8, 4) is 11.5 Å². The predicted molar refractivity (Wildman–Crippen MR) is 87.8 cm³/mol. The third-order valence-corrected chi connectivity index (χ3v) is 3.59. The molecule has 116 valence electrons. The first-order valence-electron chi connectivity index (χ1n) is 6.97. The number of aliphatic carboxylic acids is 1. The van der Waals surface area contributed by atoms with Crippen molar-refractivity contribution in [3.05, 3.63) is 52.0 Å². The van der Waals surface area contributed by atoms with Gasteiger partial charge in [0.05, 0.1) is 17.1 Å². The molecule has 0 bridgehead atoms. The zero-order chi connectivity index (χ0) is 16.3. The van der Waals surface area contributed by atoms with Gasteiger partial charge in [0, 0.05) is 5.56 Å². The van der Waals surface area contributed by atoms with Crippen molar-refractivity contribution in [2.24, 2.45) is 0 Å². The number of anilines is 1. The van der Waals surface area contributed by atoms with Crippen LogP contribution in [0, 0.1) is 6.92 Å². The molecule has 0 unspecified atom stereocenters. The Labute approximate surface area is 134 Å². The minimum absolute atomic E-state index is 0.123. The third kappa shape index (κ3) is 3.71. The van der Waals surface area contributed by atoms with E-state index in [0.717, 1.165) is 17.5 Å². The van der Waals surface area contributed by atoms with E-state index >= 15 is 0 Å². The molecule has 2 rings (SSSR count). The lowest BCUT2D eigenvalue weighted by Gasteiger charge is -2.15. The smallest absolute Gasteiger partial charge is 0.307 e. The van der Waals surface area contributed by atoms with Crippen LogP contribution in [-0.2, 0) is 17.6 Å². The van der Waals surface area contributed by atoms with Gasteiger partial charge in [0.15, 0.2) is 5.75 Å². The monoisotopic (exact) mass is 319 g/mol. The number of nitrogens with two attached hydrogens (primary N) is 1. The standard InChI is InChI=1S/C17H18ClNO3/c1-3-11-7-13(18)17(14(19)8-11)22-15-5-4-10(2)6-12(15)9-16(20)21/h4-8H,3,9,19H2,1-2H3,(H,20,21). The minimum atomic E-state index is -0.921. The SMILES string of the molecule is CCc1cc(N)c(Oc2ccc(C)cc2CC(=O)O)c(Cl)c1. The maximum Gasteiger partial charge on any atom is 0.307 e. The number of hydrogen-bond acceptors (Lipinski definition) is 3. The first-order chi connectivity index (χ1) is 10.4. The Morgan fingerprint density at radius 3 is 2.64 bits per heavy atom. The highest BCUT2D eigenvalue weighted by Gasteiger charge is 2.14. The Balaban J connectivity index is 2.41. The Morgan fingerprint density at radius 1 is 1.32 bits per heavy atom. The van der Waals surface area contributed by atoms with Crippen LogP contribution in [0.25, 0.3) is 0 Å². The van der Waals surface area contributed by atoms with Crippen LogP contribution in [0.2, 0.25) is 5.02 Å². The number of aryl methyl sites for hydroxylation is 2. The lowest BCUT2D eigenvalue weighted by Crippen LogP contribution is -2.03. The second-order valence-electron chi connectivity index (χ2n) is 5.13. The van der Waals surface area contributed by atoms with E-state index in [0.29, 0.717) is 27.8 Å². The van der Waals surface area contributed by atoms with Crippen molar-refractivity contribution >= 4 is 23.3 Å². The fourth-order valence-electron chi connectivity index (χ4n) is 2.20. The molecular formula is C17H18ClNO3. The first-order valence-corrected chi connectivity index (χ1v) is 7.35. The van der Waals surface area contributed by atoms with Gasteiger partial charge in [0.2, 0.25) is 0 Å². The van der Waals surface area contributed by atoms with Gasteiger partial charge in [-0.3, -0.25) is 4.79 Å². The molecular weight excluding hydrogens is 302 g/mol. The summed E-state index contributed by atoms with van der Waals surface area (Å²) in [5.41, 5.74) is 9.00. The van der Waals surface area contributed by atoms with Gasteiger partial charge in [-0.25, -0.2) is 0 Å². The summed E-state index contributed by atoms with van der Waals surface area (Å²) >= 11 is 6.23. The van der Waals surface area contributed by atoms with Gasteiger partial charge in [-0.1, -0.05) is 36.2 Å². The summed E-state index contributed by atoms with van der Waals surface area (Å²) in [4.78, 5) is 11.0. The molecule has 0 fully saturated rings. The molecule has 5 heteroatoms. The van der Waals surface area contributed by atoms with Crippen molar-refractivity contribution in [3.63, 3.8) is 0 Å². The summed E-state index contributed by atoms with van der Waals surface area (Å²) in [6, 6.07) is 8.99. The number of hydrogen-bond donors (Lipinski definition) is 2. The van der Waals surface area contributed by atoms with E-state index in [1.54, 1.807) is 18.2 Å². The maximum atomic E-state index is 11.0. The fourth-order valence-corrected chi connectivity index (χ4v) is 2.49. The maximum absolute atomic E-state index is 11.0. The van der Waals surface area contributed by atoms with Gasteiger partial charge in [-0.05, 0) is 37.1 Å². The summed E-state index contributed by atoms with van der Waals surface area (Å²) in [7, 11) is 0. The van der Waals surface area contributed by atoms with Gasteiger partial charge in [0.1, 0.15) is 5.75 Å². The number of carbonyl (C=O) groups is 1. The number of carboxylic acids is 1. The topological polar surface area (TPSA) is 72.5 Å². The van der Waals surface area contributed by atoms with Crippen molar-refractivity contribution in [1.82, 2.24) is 0 Å². The van der Waals surface area contributed by atoms with Crippen molar-refractivity contribution in [2.45, 2.75) is 26.7 Å². The lowest BCUT2D eigenvalue weighted by atomic mass is 10.1. The molecule has 22 heavy (non-hydrogen) atoms. The summed E-state index contributed by atoms with van der Waals surface area (Å²) in [5.74, 6) is -0.115. The van der Waals surface area contributed by atoms with Crippen molar-refractivity contribution in [1.29, 1.82) is 0 Å². The average Bonchev–Trinajstić information content (AvgIpc) is 2.43. The van der Waals surface area contributed by atoms with Crippen LogP contribution in [0.15, 0.2) is 30.3 Å². The van der Waals surface area contributed by atoms with Crippen LogP contribution < -0.4 is 10.5 Å². The highest BCUT2D eigenvalue weighted by atomic mass is 35.5. The Bertz CT molecular complexity index is 690. The molecule has 0 atom stereocenters. The van der Waals surface area contributed by atoms with E-state index in [1.807, 2.05) is 26.0 Å². The zero-order valence-corrected chi connectivity index (χ0v) is 13.3. The molecule has 0 radical (unpaired) electrons. The normalized spacial score (nSPS) is 10.5. The van der Waals surface area contributed by atoms with Crippen LogP contribution >= 0.6 is 11.6 Å². The predicted octanol–water partition coefficient (Wildman–Crippen LogP) is 4.21. The van der Waals surface area contributed by atoms with E-state index in [-0.39, 0.29) is 6.42 Å². The lowest BCUT2D eigenvalue weighted by molar-refractivity contribution is -0.136. The molecule has 2 aromatic rings. The van der Waals surface area contributed by atoms with Gasteiger partial charge in [-0.15, -0.1) is 0 Å². The number of rotatable bonds is 5. The summed E-state index contributed by atoms with van der Waals surface area (Å²) < 4.78 is 5.81. The largest absolute Gasteiger partial charge is 0.481 e. The third-order valence-electron chi connectivity index (χ3n) is 3.31. The molecule has 2 aromatic carbocycles. The van der Waals surface area contributed by atoms with E-state index in [9.17, 15) is 4.79 Å². The molecule has 0 spiro atoms. The second-order valence-corrected chi connectivity index (χ2v) is 5.54. The second kappa shape index (κ2) is 6.71. The molecule has 3 N–H and O–H groups in total. The summed E-state index contributed by atoms with van der Waals surface area (Å²) in [6.07, 6.45) is 0.695. The molecule has 4 nitrogen and oxygen atoms in total. The molecule has 0 saturated heterocycles. The van der Waals surface area contributed by atoms with E-state index < -0.39 is 5.97 Å². The zero-order valence-electron chi connectivity index (χ0n) is 12.5. The Kier molecular flexibility index (Phi) is 4.93. The van der Waals surface area contributed by atoms with Crippen LogP contribution in [0.1, 0.15) is 23.6 Å². The van der Waals surface area contributed by atoms with Crippen molar-refractivity contribution < 1.29 is 14.6 Å². The first kappa shape index (κ1) is 16.2. The number of carboxylic acid groups (broad SMARTS) is 1. The Morgan fingerprint density at radius 2 is 2.05 bits per heavy atom. The van der Waals surface area contributed by atoms with Gasteiger partial charge in [-0.2, -0.15) is 0 Å². The van der Waals surface area contributed by atoms with E-state index in [2.05, 4.69) is 0 Å². The van der Waals surface area contributed by atoms with Crippen LogP contribution in [0.4, 0.5) is 5.69 Å². The van der Waals surface area contributed by atoms with Gasteiger partial charge >= 0.3 is 5.97 Å². The number of halogens is 1. The van der Waals surface area contributed by atoms with Crippen LogP contribution in [-0.4, -0.2) is 11.1 Å². The Hall–Kier alpha value is -2.20. The molecule has 0 aliphatic heterocycles. The van der Waals surface area contributed by atoms with Gasteiger partial charge < -0.3 is 15.6 Å². The highest BCUT2D eigenvalue weighted by Crippen LogP contribution is 2.37. The molecule has 0 saturated carbocycles. The quantitative estimate of drug-likeness (QED) is 0.810. The van der Waals surface area contributed by atoms with Crippen molar-refractivity contribution in [2.75, 3.05) is 5.73 Å². The fraction of sp³-hybridized carbons (Fsp3) is 0.235.